The summed E-state index contributed by atoms with van der Waals surface area (Å²) in [5.74, 6) is 0.742. The van der Waals surface area contributed by atoms with Crippen LogP contribution in [0.15, 0.2) is 15.9 Å². The molecule has 0 spiro atoms. The molecule has 2 aromatic rings. The summed E-state index contributed by atoms with van der Waals surface area (Å²) in [6, 6.07) is 2.53. The summed E-state index contributed by atoms with van der Waals surface area (Å²) in [6.07, 6.45) is 3.54. The van der Waals surface area contributed by atoms with E-state index in [1.54, 1.807) is 0 Å². The maximum absolute atomic E-state index is 6.12. The van der Waals surface area contributed by atoms with Crippen LogP contribution < -0.4 is 5.73 Å². The number of nitrogens with two attached hydrogens (primary N) is 1. The molecule has 1 aliphatic rings. The topological polar surface area (TPSA) is 43.8 Å². The standard InChI is InChI=1S/C12H14BrN3S/c1-7-11(13)12(14)16(15-7)9-3-2-4-10-8(9)5-6-17-10/h5-6,9H,2-4,14H2,1H3. The first-order valence-electron chi connectivity index (χ1n) is 5.75. The Labute approximate surface area is 113 Å². The van der Waals surface area contributed by atoms with Crippen molar-refractivity contribution in [1.29, 1.82) is 0 Å². The van der Waals surface area contributed by atoms with Gasteiger partial charge in [-0.05, 0) is 59.1 Å². The third-order valence-corrected chi connectivity index (χ3v) is 5.34. The van der Waals surface area contributed by atoms with Crippen molar-refractivity contribution in [2.24, 2.45) is 0 Å². The summed E-state index contributed by atoms with van der Waals surface area (Å²) < 4.78 is 2.91. The average molecular weight is 312 g/mol. The van der Waals surface area contributed by atoms with Crippen LogP contribution >= 0.6 is 27.3 Å². The molecule has 0 saturated carbocycles. The highest BCUT2D eigenvalue weighted by atomic mass is 79.9. The van der Waals surface area contributed by atoms with Crippen LogP contribution in [0, 0.1) is 6.92 Å². The molecule has 3 rings (SSSR count). The summed E-state index contributed by atoms with van der Waals surface area (Å²) in [5, 5.41) is 6.73. The monoisotopic (exact) mass is 311 g/mol. The van der Waals surface area contributed by atoms with Gasteiger partial charge < -0.3 is 5.73 Å². The van der Waals surface area contributed by atoms with Crippen molar-refractivity contribution in [2.45, 2.75) is 32.2 Å². The van der Waals surface area contributed by atoms with E-state index < -0.39 is 0 Å². The lowest BCUT2D eigenvalue weighted by Crippen LogP contribution is -2.18. The third kappa shape index (κ3) is 1.72. The van der Waals surface area contributed by atoms with Crippen molar-refractivity contribution in [3.63, 3.8) is 0 Å². The second-order valence-corrected chi connectivity index (χ2v) is 6.23. The predicted molar refractivity (Wildman–Crippen MR) is 74.5 cm³/mol. The first kappa shape index (κ1) is 11.3. The van der Waals surface area contributed by atoms with Gasteiger partial charge in [-0.3, -0.25) is 0 Å². The van der Waals surface area contributed by atoms with Crippen LogP contribution in [0.3, 0.4) is 0 Å². The van der Waals surface area contributed by atoms with Gasteiger partial charge in [0.1, 0.15) is 5.82 Å². The van der Waals surface area contributed by atoms with Gasteiger partial charge in [0.25, 0.3) is 0 Å². The van der Waals surface area contributed by atoms with Gasteiger partial charge in [0.2, 0.25) is 0 Å². The maximum atomic E-state index is 6.12. The Hall–Kier alpha value is -0.810. The smallest absolute Gasteiger partial charge is 0.137 e. The minimum Gasteiger partial charge on any atom is -0.383 e. The van der Waals surface area contributed by atoms with E-state index >= 15 is 0 Å². The minimum atomic E-state index is 0.315. The largest absolute Gasteiger partial charge is 0.383 e. The second kappa shape index (κ2) is 4.14. The number of hydrogen-bond donors (Lipinski definition) is 1. The highest BCUT2D eigenvalue weighted by Crippen LogP contribution is 2.38. The molecule has 1 unspecified atom stereocenters. The molecule has 0 aliphatic heterocycles. The molecule has 1 aliphatic carbocycles. The molecule has 1 atom stereocenters. The van der Waals surface area contributed by atoms with E-state index in [2.05, 4.69) is 32.5 Å². The van der Waals surface area contributed by atoms with E-state index in [0.717, 1.165) is 22.4 Å². The molecular weight excluding hydrogens is 298 g/mol. The Kier molecular flexibility index (Phi) is 2.75. The molecule has 0 radical (unpaired) electrons. The molecule has 17 heavy (non-hydrogen) atoms. The number of aromatic nitrogens is 2. The van der Waals surface area contributed by atoms with E-state index in [9.17, 15) is 0 Å². The number of halogens is 1. The minimum absolute atomic E-state index is 0.315. The Balaban J connectivity index is 2.09. The summed E-state index contributed by atoms with van der Waals surface area (Å²) in [7, 11) is 0. The van der Waals surface area contributed by atoms with Crippen molar-refractivity contribution in [2.75, 3.05) is 5.73 Å². The van der Waals surface area contributed by atoms with Crippen LogP contribution in [0.2, 0.25) is 0 Å². The van der Waals surface area contributed by atoms with Crippen LogP contribution in [-0.2, 0) is 6.42 Å². The zero-order chi connectivity index (χ0) is 12.0. The number of rotatable bonds is 1. The summed E-state index contributed by atoms with van der Waals surface area (Å²) >= 11 is 5.34. The maximum Gasteiger partial charge on any atom is 0.137 e. The molecule has 0 bridgehead atoms. The Bertz CT molecular complexity index is 558. The van der Waals surface area contributed by atoms with Gasteiger partial charge in [0.05, 0.1) is 16.2 Å². The van der Waals surface area contributed by atoms with E-state index in [1.165, 1.54) is 23.3 Å². The van der Waals surface area contributed by atoms with Gasteiger partial charge in [0.15, 0.2) is 0 Å². The summed E-state index contributed by atoms with van der Waals surface area (Å²) in [6.45, 7) is 1.98. The molecular formula is C12H14BrN3S. The second-order valence-electron chi connectivity index (χ2n) is 4.44. The first-order valence-corrected chi connectivity index (χ1v) is 7.42. The van der Waals surface area contributed by atoms with Gasteiger partial charge in [-0.1, -0.05) is 0 Å². The number of nitrogens with zero attached hydrogens (tertiary/aromatic N) is 2. The zero-order valence-electron chi connectivity index (χ0n) is 9.61. The number of nitrogen functional groups attached to an aromatic ring is 1. The SMILES string of the molecule is Cc1nn(C2CCCc3sccc32)c(N)c1Br. The van der Waals surface area contributed by atoms with Gasteiger partial charge in [-0.15, -0.1) is 11.3 Å². The molecule has 0 saturated heterocycles. The van der Waals surface area contributed by atoms with Crippen molar-refractivity contribution in [3.8, 4) is 0 Å². The normalized spacial score (nSPS) is 19.3. The van der Waals surface area contributed by atoms with Gasteiger partial charge in [0, 0.05) is 4.88 Å². The van der Waals surface area contributed by atoms with Gasteiger partial charge in [-0.25, -0.2) is 4.68 Å². The van der Waals surface area contributed by atoms with E-state index in [4.69, 9.17) is 5.73 Å². The van der Waals surface area contributed by atoms with Crippen LogP contribution in [0.25, 0.3) is 0 Å². The lowest BCUT2D eigenvalue weighted by molar-refractivity contribution is 0.458. The average Bonchev–Trinajstić information content (AvgIpc) is 2.89. The molecule has 5 heteroatoms. The first-order chi connectivity index (χ1) is 8.18. The van der Waals surface area contributed by atoms with Gasteiger partial charge >= 0.3 is 0 Å². The number of hydrogen-bond acceptors (Lipinski definition) is 3. The van der Waals surface area contributed by atoms with E-state index in [0.29, 0.717) is 6.04 Å². The third-order valence-electron chi connectivity index (χ3n) is 3.36. The fourth-order valence-electron chi connectivity index (χ4n) is 2.50. The van der Waals surface area contributed by atoms with E-state index in [-0.39, 0.29) is 0 Å². The lowest BCUT2D eigenvalue weighted by atomic mass is 9.94. The molecule has 0 amide bonds. The van der Waals surface area contributed by atoms with E-state index in [1.807, 2.05) is 22.9 Å². The van der Waals surface area contributed by atoms with Gasteiger partial charge in [-0.2, -0.15) is 5.10 Å². The number of anilines is 1. The Morgan fingerprint density at radius 2 is 2.41 bits per heavy atom. The quantitative estimate of drug-likeness (QED) is 0.875. The van der Waals surface area contributed by atoms with Crippen LogP contribution in [0.4, 0.5) is 5.82 Å². The zero-order valence-corrected chi connectivity index (χ0v) is 12.0. The number of fused-ring (bicyclic) bond motifs is 1. The highest BCUT2D eigenvalue weighted by Gasteiger charge is 2.26. The molecule has 2 heterocycles. The number of aryl methyl sites for hydroxylation is 2. The fourth-order valence-corrected chi connectivity index (χ4v) is 3.74. The van der Waals surface area contributed by atoms with Crippen molar-refractivity contribution >= 4 is 33.1 Å². The molecule has 3 nitrogen and oxygen atoms in total. The Morgan fingerprint density at radius 1 is 1.59 bits per heavy atom. The lowest BCUT2D eigenvalue weighted by Gasteiger charge is -2.23. The molecule has 90 valence electrons. The van der Waals surface area contributed by atoms with Crippen LogP contribution in [0.5, 0.6) is 0 Å². The van der Waals surface area contributed by atoms with Crippen LogP contribution in [-0.4, -0.2) is 9.78 Å². The number of thiophene rings is 1. The van der Waals surface area contributed by atoms with Crippen LogP contribution in [0.1, 0.15) is 35.0 Å². The Morgan fingerprint density at radius 3 is 3.12 bits per heavy atom. The molecule has 0 fully saturated rings. The molecule has 2 aromatic heterocycles. The highest BCUT2D eigenvalue weighted by molar-refractivity contribution is 9.10. The molecule has 2 N–H and O–H groups in total. The van der Waals surface area contributed by atoms with Crippen molar-refractivity contribution in [1.82, 2.24) is 9.78 Å². The molecule has 0 aromatic carbocycles. The fraction of sp³-hybridized carbons (Fsp3) is 0.417. The van der Waals surface area contributed by atoms with Crippen molar-refractivity contribution < 1.29 is 0 Å². The van der Waals surface area contributed by atoms with Crippen molar-refractivity contribution in [3.05, 3.63) is 32.1 Å². The summed E-state index contributed by atoms with van der Waals surface area (Å²) in [5.41, 5.74) is 8.49. The predicted octanol–water partition coefficient (Wildman–Crippen LogP) is 3.52. The summed E-state index contributed by atoms with van der Waals surface area (Å²) in [4.78, 5) is 1.49.